The summed E-state index contributed by atoms with van der Waals surface area (Å²) in [5, 5.41) is 3.22. The smallest absolute Gasteiger partial charge is 0.0349 e. The number of thiophene rings is 1. The zero-order valence-corrected chi connectivity index (χ0v) is 13.6. The first-order valence-corrected chi connectivity index (χ1v) is 8.03. The Morgan fingerprint density at radius 2 is 2.16 bits per heavy atom. The molecule has 2 aromatic rings. The van der Waals surface area contributed by atoms with Gasteiger partial charge in [0.05, 0.1) is 0 Å². The molecule has 100 valence electrons. The Morgan fingerprint density at radius 1 is 1.32 bits per heavy atom. The minimum absolute atomic E-state index is 0.959. The van der Waals surface area contributed by atoms with E-state index < -0.39 is 0 Å². The van der Waals surface area contributed by atoms with Crippen LogP contribution in [0.15, 0.2) is 46.4 Å². The van der Waals surface area contributed by atoms with Crippen molar-refractivity contribution >= 4 is 33.3 Å². The van der Waals surface area contributed by atoms with Crippen LogP contribution in [0.5, 0.6) is 0 Å². The average Bonchev–Trinajstić information content (AvgIpc) is 2.87. The van der Waals surface area contributed by atoms with Crippen LogP contribution >= 0.6 is 27.3 Å². The number of halogens is 1. The molecule has 2 rings (SSSR count). The van der Waals surface area contributed by atoms with Crippen LogP contribution in [0.3, 0.4) is 0 Å². The summed E-state index contributed by atoms with van der Waals surface area (Å²) in [6.07, 6.45) is 3.38. The SMILES string of the molecule is CCC(=Cc1ccc(-c2cccc(Br)c2)s1)CNC. The van der Waals surface area contributed by atoms with Crippen molar-refractivity contribution in [2.24, 2.45) is 0 Å². The van der Waals surface area contributed by atoms with Crippen molar-refractivity contribution in [2.45, 2.75) is 13.3 Å². The monoisotopic (exact) mass is 335 g/mol. The number of hydrogen-bond acceptors (Lipinski definition) is 2. The Bertz CT molecular complexity index is 572. The van der Waals surface area contributed by atoms with Gasteiger partial charge in [-0.2, -0.15) is 0 Å². The number of hydrogen-bond donors (Lipinski definition) is 1. The van der Waals surface area contributed by atoms with Crippen molar-refractivity contribution in [1.29, 1.82) is 0 Å². The molecule has 0 radical (unpaired) electrons. The summed E-state index contributed by atoms with van der Waals surface area (Å²) >= 11 is 5.36. The quantitative estimate of drug-likeness (QED) is 0.792. The van der Waals surface area contributed by atoms with Crippen LogP contribution in [0.25, 0.3) is 16.5 Å². The van der Waals surface area contributed by atoms with Gasteiger partial charge in [-0.25, -0.2) is 0 Å². The molecule has 0 spiro atoms. The van der Waals surface area contributed by atoms with Crippen LogP contribution in [-0.4, -0.2) is 13.6 Å². The lowest BCUT2D eigenvalue weighted by atomic mass is 10.1. The third-order valence-corrected chi connectivity index (χ3v) is 4.51. The summed E-state index contributed by atoms with van der Waals surface area (Å²) in [7, 11) is 1.99. The molecule has 1 heterocycles. The fourth-order valence-corrected chi connectivity index (χ4v) is 3.33. The van der Waals surface area contributed by atoms with Crippen LogP contribution in [0, 0.1) is 0 Å². The molecule has 0 saturated carbocycles. The molecule has 0 aliphatic carbocycles. The van der Waals surface area contributed by atoms with Gasteiger partial charge in [0, 0.05) is 20.8 Å². The van der Waals surface area contributed by atoms with Gasteiger partial charge < -0.3 is 5.32 Å². The maximum atomic E-state index is 3.52. The minimum Gasteiger partial charge on any atom is -0.316 e. The Labute approximate surface area is 127 Å². The van der Waals surface area contributed by atoms with Crippen molar-refractivity contribution in [3.8, 4) is 10.4 Å². The minimum atomic E-state index is 0.959. The average molecular weight is 336 g/mol. The van der Waals surface area contributed by atoms with Crippen LogP contribution in [0.1, 0.15) is 18.2 Å². The van der Waals surface area contributed by atoms with Gasteiger partial charge in [0.2, 0.25) is 0 Å². The molecule has 19 heavy (non-hydrogen) atoms. The van der Waals surface area contributed by atoms with Gasteiger partial charge in [-0.15, -0.1) is 11.3 Å². The second kappa shape index (κ2) is 7.04. The Morgan fingerprint density at radius 3 is 2.84 bits per heavy atom. The van der Waals surface area contributed by atoms with Gasteiger partial charge in [0.25, 0.3) is 0 Å². The highest BCUT2D eigenvalue weighted by Crippen LogP contribution is 2.31. The first kappa shape index (κ1) is 14.5. The van der Waals surface area contributed by atoms with E-state index in [1.807, 2.05) is 18.4 Å². The van der Waals surface area contributed by atoms with Crippen molar-refractivity contribution in [2.75, 3.05) is 13.6 Å². The molecule has 1 aromatic heterocycles. The van der Waals surface area contributed by atoms with Crippen molar-refractivity contribution in [3.63, 3.8) is 0 Å². The van der Waals surface area contributed by atoms with Gasteiger partial charge >= 0.3 is 0 Å². The third-order valence-electron chi connectivity index (χ3n) is 2.94. The lowest BCUT2D eigenvalue weighted by Crippen LogP contribution is -2.09. The van der Waals surface area contributed by atoms with Gasteiger partial charge in [-0.1, -0.05) is 40.6 Å². The molecule has 1 aromatic carbocycles. The highest BCUT2D eigenvalue weighted by molar-refractivity contribution is 9.10. The van der Waals surface area contributed by atoms with Crippen LogP contribution < -0.4 is 5.32 Å². The van der Waals surface area contributed by atoms with Crippen molar-refractivity contribution in [1.82, 2.24) is 5.32 Å². The zero-order valence-electron chi connectivity index (χ0n) is 11.2. The topological polar surface area (TPSA) is 12.0 Å². The van der Waals surface area contributed by atoms with E-state index in [1.54, 1.807) is 0 Å². The third kappa shape index (κ3) is 4.03. The van der Waals surface area contributed by atoms with Crippen molar-refractivity contribution < 1.29 is 0 Å². The molecule has 0 fully saturated rings. The fraction of sp³-hybridized carbons (Fsp3) is 0.250. The van der Waals surface area contributed by atoms with E-state index in [0.717, 1.165) is 17.4 Å². The molecule has 0 saturated heterocycles. The Kier molecular flexibility index (Phi) is 5.37. The lowest BCUT2D eigenvalue weighted by Gasteiger charge is -2.02. The molecule has 0 aliphatic rings. The summed E-state index contributed by atoms with van der Waals surface area (Å²) in [6.45, 7) is 3.16. The van der Waals surface area contributed by atoms with Gasteiger partial charge in [-0.3, -0.25) is 0 Å². The van der Waals surface area contributed by atoms with Crippen LogP contribution in [0.2, 0.25) is 0 Å². The first-order valence-electron chi connectivity index (χ1n) is 6.42. The van der Waals surface area contributed by atoms with E-state index in [2.05, 4.69) is 70.6 Å². The lowest BCUT2D eigenvalue weighted by molar-refractivity contribution is 0.851. The van der Waals surface area contributed by atoms with Crippen molar-refractivity contribution in [3.05, 3.63) is 51.3 Å². The van der Waals surface area contributed by atoms with Gasteiger partial charge in [0.1, 0.15) is 0 Å². The van der Waals surface area contributed by atoms with E-state index >= 15 is 0 Å². The fourth-order valence-electron chi connectivity index (χ4n) is 1.93. The highest BCUT2D eigenvalue weighted by Gasteiger charge is 2.03. The molecule has 0 atom stereocenters. The number of rotatable bonds is 5. The molecule has 1 nitrogen and oxygen atoms in total. The Balaban J connectivity index is 2.24. The highest BCUT2D eigenvalue weighted by atomic mass is 79.9. The summed E-state index contributed by atoms with van der Waals surface area (Å²) in [5.74, 6) is 0. The molecule has 0 bridgehead atoms. The van der Waals surface area contributed by atoms with E-state index in [1.165, 1.54) is 20.9 Å². The zero-order chi connectivity index (χ0) is 13.7. The van der Waals surface area contributed by atoms with E-state index in [-0.39, 0.29) is 0 Å². The molecule has 0 aliphatic heterocycles. The molecule has 1 N–H and O–H groups in total. The molecule has 0 unspecified atom stereocenters. The molecular weight excluding hydrogens is 318 g/mol. The molecular formula is C16H18BrNS. The van der Waals surface area contributed by atoms with E-state index in [0.29, 0.717) is 0 Å². The van der Waals surface area contributed by atoms with Crippen LogP contribution in [0.4, 0.5) is 0 Å². The first-order chi connectivity index (χ1) is 9.22. The molecule has 3 heteroatoms. The number of likely N-dealkylation sites (N-methyl/N-ethyl adjacent to an activating group) is 1. The second-order valence-electron chi connectivity index (χ2n) is 4.40. The van der Waals surface area contributed by atoms with Gasteiger partial charge in [0.15, 0.2) is 0 Å². The number of nitrogens with one attached hydrogen (secondary N) is 1. The predicted molar refractivity (Wildman–Crippen MR) is 89.6 cm³/mol. The predicted octanol–water partition coefficient (Wildman–Crippen LogP) is 5.19. The maximum Gasteiger partial charge on any atom is 0.0349 e. The second-order valence-corrected chi connectivity index (χ2v) is 6.43. The van der Waals surface area contributed by atoms with E-state index in [4.69, 9.17) is 0 Å². The van der Waals surface area contributed by atoms with Crippen LogP contribution in [-0.2, 0) is 0 Å². The van der Waals surface area contributed by atoms with E-state index in [9.17, 15) is 0 Å². The standard InChI is InChI=1S/C16H18BrNS/c1-3-12(11-18-2)9-15-7-8-16(19-15)13-5-4-6-14(17)10-13/h4-10,18H,3,11H2,1-2H3. The summed E-state index contributed by atoms with van der Waals surface area (Å²) < 4.78 is 1.12. The summed E-state index contributed by atoms with van der Waals surface area (Å²) in [4.78, 5) is 2.63. The number of benzene rings is 1. The Hall–Kier alpha value is -0.900. The normalized spacial score (nSPS) is 11.8. The maximum absolute atomic E-state index is 3.52. The summed E-state index contributed by atoms with van der Waals surface area (Å²) in [5.41, 5.74) is 2.70. The molecule has 0 amide bonds. The largest absolute Gasteiger partial charge is 0.316 e. The van der Waals surface area contributed by atoms with Gasteiger partial charge in [-0.05, 0) is 49.4 Å². The summed E-state index contributed by atoms with van der Waals surface area (Å²) in [6, 6.07) is 12.8.